The largest absolute Gasteiger partial charge is 0.508 e. The minimum absolute atomic E-state index is 0.101. The monoisotopic (exact) mass is 471 g/mol. The Morgan fingerprint density at radius 1 is 1.11 bits per heavy atom. The van der Waals surface area contributed by atoms with Crippen LogP contribution >= 0.6 is 0 Å². The number of anilines is 2. The molecule has 0 amide bonds. The summed E-state index contributed by atoms with van der Waals surface area (Å²) < 4.78 is 17.1. The van der Waals surface area contributed by atoms with Crippen molar-refractivity contribution >= 4 is 17.2 Å². The number of phenolic OH excluding ortho intramolecular Hbond substituents is 1. The Bertz CT molecular complexity index is 1590. The fourth-order valence-corrected chi connectivity index (χ4v) is 4.12. The molecule has 0 bridgehead atoms. The van der Waals surface area contributed by atoms with Crippen LogP contribution in [-0.4, -0.2) is 29.3 Å². The zero-order chi connectivity index (χ0) is 24.7. The molecule has 0 aliphatic rings. The highest BCUT2D eigenvalue weighted by Crippen LogP contribution is 2.34. The second kappa shape index (κ2) is 8.56. The molecule has 1 atom stereocenters. The van der Waals surface area contributed by atoms with Crippen LogP contribution in [0.25, 0.3) is 22.3 Å². The number of nitrogens with two attached hydrogens (primary N) is 1. The van der Waals surface area contributed by atoms with Gasteiger partial charge in [-0.05, 0) is 55.3 Å². The number of nitrogen functional groups attached to an aromatic ring is 1. The van der Waals surface area contributed by atoms with Crippen molar-refractivity contribution in [3.05, 3.63) is 94.7 Å². The number of aryl methyl sites for hydroxylation is 1. The quantitative estimate of drug-likeness (QED) is 0.356. The predicted molar refractivity (Wildman–Crippen MR) is 131 cm³/mol. The highest BCUT2D eigenvalue weighted by molar-refractivity contribution is 5.84. The van der Waals surface area contributed by atoms with Gasteiger partial charge in [0.1, 0.15) is 35.0 Å². The summed E-state index contributed by atoms with van der Waals surface area (Å²) in [5, 5.41) is 17.9. The first-order valence-electron chi connectivity index (χ1n) is 10.9. The summed E-state index contributed by atoms with van der Waals surface area (Å²) in [6, 6.07) is 14.1. The zero-order valence-electron chi connectivity index (χ0n) is 19.0. The lowest BCUT2D eigenvalue weighted by molar-refractivity contribution is 0.469. The zero-order valence-corrected chi connectivity index (χ0v) is 19.0. The molecule has 35 heavy (non-hydrogen) atoms. The molecule has 10 heteroatoms. The van der Waals surface area contributed by atoms with E-state index in [0.717, 1.165) is 11.6 Å². The average Bonchev–Trinajstić information content (AvgIpc) is 3.20. The molecule has 176 valence electrons. The second-order valence-electron chi connectivity index (χ2n) is 8.17. The topological polar surface area (TPSA) is 123 Å². The summed E-state index contributed by atoms with van der Waals surface area (Å²) in [6.07, 6.45) is 3.02. The molecule has 0 spiro atoms. The summed E-state index contributed by atoms with van der Waals surface area (Å²) in [5.41, 5.74) is 8.49. The van der Waals surface area contributed by atoms with Crippen LogP contribution in [0, 0.1) is 12.7 Å². The van der Waals surface area contributed by atoms with Gasteiger partial charge in [0.05, 0.1) is 17.3 Å². The lowest BCUT2D eigenvalue weighted by Gasteiger charge is -2.21. The molecule has 0 radical (unpaired) electrons. The van der Waals surface area contributed by atoms with Gasteiger partial charge < -0.3 is 16.2 Å². The number of nitrogens with zero attached hydrogens (tertiary/aromatic N) is 5. The molecule has 3 aromatic heterocycles. The molecule has 0 unspecified atom stereocenters. The predicted octanol–water partition coefficient (Wildman–Crippen LogP) is 3.85. The van der Waals surface area contributed by atoms with Gasteiger partial charge in [0.15, 0.2) is 5.82 Å². The molecule has 0 fully saturated rings. The Balaban J connectivity index is 1.66. The Hall–Kier alpha value is -4.73. The molecule has 0 saturated heterocycles. The van der Waals surface area contributed by atoms with Crippen LogP contribution in [0.15, 0.2) is 71.9 Å². The maximum atomic E-state index is 14.0. The molecular weight excluding hydrogens is 449 g/mol. The number of nitrogens with one attached hydrogen (secondary N) is 1. The molecule has 0 aliphatic heterocycles. The van der Waals surface area contributed by atoms with E-state index >= 15 is 0 Å². The number of halogens is 1. The Morgan fingerprint density at radius 2 is 1.89 bits per heavy atom. The van der Waals surface area contributed by atoms with Crippen LogP contribution in [0.1, 0.15) is 24.4 Å². The normalized spacial score (nSPS) is 12.1. The third-order valence-corrected chi connectivity index (χ3v) is 5.72. The van der Waals surface area contributed by atoms with E-state index in [1.54, 1.807) is 15.3 Å². The van der Waals surface area contributed by atoms with Crippen LogP contribution in [0.3, 0.4) is 0 Å². The van der Waals surface area contributed by atoms with E-state index in [1.807, 2.05) is 50.2 Å². The van der Waals surface area contributed by atoms with Gasteiger partial charge in [-0.1, -0.05) is 18.2 Å². The molecule has 9 nitrogen and oxygen atoms in total. The van der Waals surface area contributed by atoms with Crippen molar-refractivity contribution in [3.8, 4) is 22.6 Å². The lowest BCUT2D eigenvalue weighted by Crippen LogP contribution is -2.29. The first-order chi connectivity index (χ1) is 16.8. The maximum Gasteiger partial charge on any atom is 0.282 e. The summed E-state index contributed by atoms with van der Waals surface area (Å²) >= 11 is 0. The van der Waals surface area contributed by atoms with Gasteiger partial charge in [-0.25, -0.2) is 18.9 Å². The summed E-state index contributed by atoms with van der Waals surface area (Å²) in [7, 11) is 0. The third kappa shape index (κ3) is 3.95. The van der Waals surface area contributed by atoms with Gasteiger partial charge in [-0.2, -0.15) is 5.10 Å². The smallest absolute Gasteiger partial charge is 0.282 e. The van der Waals surface area contributed by atoms with Crippen LogP contribution in [0.4, 0.5) is 16.0 Å². The highest BCUT2D eigenvalue weighted by Gasteiger charge is 2.22. The molecule has 5 rings (SSSR count). The first-order valence-corrected chi connectivity index (χ1v) is 10.9. The van der Waals surface area contributed by atoms with Crippen molar-refractivity contribution in [3.63, 3.8) is 0 Å². The molecule has 0 aliphatic carbocycles. The molecule has 5 aromatic rings. The van der Waals surface area contributed by atoms with Crippen molar-refractivity contribution in [2.24, 2.45) is 0 Å². The first kappa shape index (κ1) is 22.1. The van der Waals surface area contributed by atoms with E-state index in [2.05, 4.69) is 15.3 Å². The van der Waals surface area contributed by atoms with Crippen LogP contribution in [0.2, 0.25) is 0 Å². The molecule has 2 aromatic carbocycles. The summed E-state index contributed by atoms with van der Waals surface area (Å²) in [6.45, 7) is 3.69. The fourth-order valence-electron chi connectivity index (χ4n) is 4.12. The Morgan fingerprint density at radius 3 is 2.63 bits per heavy atom. The van der Waals surface area contributed by atoms with Gasteiger partial charge in [0, 0.05) is 12.3 Å². The van der Waals surface area contributed by atoms with Crippen molar-refractivity contribution in [2.75, 3.05) is 11.1 Å². The van der Waals surface area contributed by atoms with Crippen LogP contribution < -0.4 is 16.6 Å². The number of aromatic nitrogens is 5. The van der Waals surface area contributed by atoms with Crippen molar-refractivity contribution in [1.29, 1.82) is 0 Å². The number of rotatable bonds is 5. The number of para-hydroxylation sites is 1. The van der Waals surface area contributed by atoms with E-state index in [9.17, 15) is 14.3 Å². The SMILES string of the molecule is Cc1ccn2nc([C@H](C)Nc3ncnc(N)c3-c3cc(O)cc(F)c3)n(-c3ccccc3)c(=O)c12. The van der Waals surface area contributed by atoms with Gasteiger partial charge in [0.25, 0.3) is 5.56 Å². The molecule has 3 heterocycles. The Kier molecular flexibility index (Phi) is 5.40. The van der Waals surface area contributed by atoms with E-state index in [-0.39, 0.29) is 17.1 Å². The molecule has 4 N–H and O–H groups in total. The second-order valence-corrected chi connectivity index (χ2v) is 8.17. The van der Waals surface area contributed by atoms with Crippen molar-refractivity contribution in [1.82, 2.24) is 24.1 Å². The van der Waals surface area contributed by atoms with E-state index < -0.39 is 11.9 Å². The van der Waals surface area contributed by atoms with Gasteiger partial charge in [0.2, 0.25) is 0 Å². The standard InChI is InChI=1S/C25H22FN7O2/c1-14-8-9-32-21(14)25(35)33(18-6-4-3-5-7-18)24(31-32)15(2)30-23-20(22(27)28-13-29-23)16-10-17(26)12-19(34)11-16/h3-13,15,34H,1-2H3,(H3,27,28,29,30)/t15-/m0/s1. The number of hydrogen-bond donors (Lipinski definition) is 3. The van der Waals surface area contributed by atoms with Gasteiger partial charge in [-0.15, -0.1) is 0 Å². The maximum absolute atomic E-state index is 14.0. The third-order valence-electron chi connectivity index (χ3n) is 5.72. The molecule has 0 saturated carbocycles. The fraction of sp³-hybridized carbons (Fsp3) is 0.120. The van der Waals surface area contributed by atoms with Crippen molar-refractivity contribution in [2.45, 2.75) is 19.9 Å². The van der Waals surface area contributed by atoms with Gasteiger partial charge >= 0.3 is 0 Å². The summed E-state index contributed by atoms with van der Waals surface area (Å²) in [4.78, 5) is 21.9. The van der Waals surface area contributed by atoms with E-state index in [4.69, 9.17) is 10.8 Å². The van der Waals surface area contributed by atoms with Crippen LogP contribution in [0.5, 0.6) is 5.75 Å². The summed E-state index contributed by atoms with van der Waals surface area (Å²) in [5.74, 6) is -0.0581. The van der Waals surface area contributed by atoms with Gasteiger partial charge in [-0.3, -0.25) is 9.36 Å². The highest BCUT2D eigenvalue weighted by atomic mass is 19.1. The number of phenols is 1. The van der Waals surface area contributed by atoms with E-state index in [0.29, 0.717) is 34.0 Å². The van der Waals surface area contributed by atoms with Crippen molar-refractivity contribution < 1.29 is 9.50 Å². The van der Waals surface area contributed by atoms with Crippen LogP contribution in [-0.2, 0) is 0 Å². The number of hydrogen-bond acceptors (Lipinski definition) is 7. The minimum atomic E-state index is -0.629. The minimum Gasteiger partial charge on any atom is -0.508 e. The molecular formula is C25H22FN7O2. The number of benzene rings is 2. The number of fused-ring (bicyclic) bond motifs is 1. The lowest BCUT2D eigenvalue weighted by atomic mass is 10.1. The Labute approximate surface area is 199 Å². The average molecular weight is 471 g/mol. The number of aromatic hydroxyl groups is 1. The van der Waals surface area contributed by atoms with E-state index in [1.165, 1.54) is 18.5 Å².